The predicted octanol–water partition coefficient (Wildman–Crippen LogP) is 6.68. The molecule has 0 amide bonds. The fourth-order valence-electron chi connectivity index (χ4n) is 3.95. The predicted molar refractivity (Wildman–Crippen MR) is 129 cm³/mol. The van der Waals surface area contributed by atoms with Gasteiger partial charge in [0, 0.05) is 5.75 Å². The van der Waals surface area contributed by atoms with Gasteiger partial charge >= 0.3 is 5.97 Å². The number of cyclic esters (lactones) is 1. The number of hydrogen-bond donors (Lipinski definition) is 2. The number of carbonyl (C=O) groups excluding carboxylic acids is 1. The van der Waals surface area contributed by atoms with E-state index in [0.717, 1.165) is 12.2 Å². The normalized spacial score (nSPS) is 17.3. The van der Waals surface area contributed by atoms with Gasteiger partial charge in [0.05, 0.1) is 7.11 Å². The van der Waals surface area contributed by atoms with Crippen LogP contribution in [0.2, 0.25) is 0 Å². The molecule has 2 unspecified atom stereocenters. The quantitative estimate of drug-likeness (QED) is 0.147. The highest BCUT2D eigenvalue weighted by molar-refractivity contribution is 7.99. The van der Waals surface area contributed by atoms with Crippen LogP contribution in [0.5, 0.6) is 0 Å². The number of esters is 1. The lowest BCUT2D eigenvalue weighted by molar-refractivity contribution is -0.146. The molecule has 0 saturated heterocycles. The van der Waals surface area contributed by atoms with Gasteiger partial charge < -0.3 is 19.7 Å². The Kier molecular flexibility index (Phi) is 17.0. The molecule has 0 aromatic heterocycles. The van der Waals surface area contributed by atoms with Crippen LogP contribution in [0, 0.1) is 0 Å². The summed E-state index contributed by atoms with van der Waals surface area (Å²) in [6, 6.07) is 0. The molecule has 1 rings (SSSR count). The maximum Gasteiger partial charge on any atom is 0.378 e. The van der Waals surface area contributed by atoms with Crippen molar-refractivity contribution < 1.29 is 24.5 Å². The van der Waals surface area contributed by atoms with Gasteiger partial charge in [0.1, 0.15) is 6.10 Å². The maximum absolute atomic E-state index is 11.5. The molecule has 2 atom stereocenters. The molecule has 0 radical (unpaired) electrons. The van der Waals surface area contributed by atoms with Crippen molar-refractivity contribution >= 4 is 17.7 Å². The molecule has 6 heteroatoms. The Morgan fingerprint density at radius 1 is 0.871 bits per heavy atom. The molecule has 0 bridgehead atoms. The zero-order valence-corrected chi connectivity index (χ0v) is 20.7. The fraction of sp³-hybridized carbons (Fsp3) is 0.880. The standard InChI is InChI=1S/C25H46O5S/c1-3-4-5-6-7-8-9-10-11-12-13-14-15-16-17-18-19-31-20-21(26)23-22(27)24(29-2)25(28)30-23/h21,23,26-27H,3-20H2,1-2H3. The van der Waals surface area contributed by atoms with E-state index < -0.39 is 18.2 Å². The number of unbranched alkanes of at least 4 members (excludes halogenated alkanes) is 15. The zero-order valence-electron chi connectivity index (χ0n) is 19.9. The molecule has 0 saturated carbocycles. The van der Waals surface area contributed by atoms with Gasteiger partial charge in [-0.05, 0) is 12.2 Å². The van der Waals surface area contributed by atoms with Crippen LogP contribution in [0.25, 0.3) is 0 Å². The molecule has 0 fully saturated rings. The van der Waals surface area contributed by atoms with Crippen LogP contribution in [-0.2, 0) is 14.3 Å². The summed E-state index contributed by atoms with van der Waals surface area (Å²) in [5.74, 6) is 0.178. The van der Waals surface area contributed by atoms with Crippen LogP contribution < -0.4 is 0 Å². The number of aliphatic hydroxyl groups is 2. The summed E-state index contributed by atoms with van der Waals surface area (Å²) >= 11 is 1.63. The van der Waals surface area contributed by atoms with Crippen LogP contribution in [0.3, 0.4) is 0 Å². The van der Waals surface area contributed by atoms with Crippen molar-refractivity contribution in [2.45, 2.75) is 122 Å². The number of hydrogen-bond acceptors (Lipinski definition) is 6. The van der Waals surface area contributed by atoms with Crippen molar-refractivity contribution in [1.82, 2.24) is 0 Å². The minimum absolute atomic E-state index is 0.202. The number of carbonyl (C=O) groups is 1. The van der Waals surface area contributed by atoms with E-state index in [2.05, 4.69) is 6.92 Å². The summed E-state index contributed by atoms with van der Waals surface area (Å²) in [5.41, 5.74) is 0. The maximum atomic E-state index is 11.5. The van der Waals surface area contributed by atoms with Crippen molar-refractivity contribution in [2.75, 3.05) is 18.6 Å². The molecule has 1 aliphatic heterocycles. The van der Waals surface area contributed by atoms with Crippen molar-refractivity contribution in [3.63, 3.8) is 0 Å². The number of thioether (sulfide) groups is 1. The van der Waals surface area contributed by atoms with Crippen LogP contribution in [-0.4, -0.2) is 47.0 Å². The summed E-state index contributed by atoms with van der Waals surface area (Å²) in [4.78, 5) is 11.5. The summed E-state index contributed by atoms with van der Waals surface area (Å²) in [5, 5.41) is 20.0. The second-order valence-corrected chi connectivity index (χ2v) is 9.84. The zero-order chi connectivity index (χ0) is 22.7. The van der Waals surface area contributed by atoms with Gasteiger partial charge in [-0.3, -0.25) is 0 Å². The largest absolute Gasteiger partial charge is 0.505 e. The number of aliphatic hydroxyl groups excluding tert-OH is 2. The molecular weight excluding hydrogens is 412 g/mol. The van der Waals surface area contributed by atoms with E-state index in [-0.39, 0.29) is 11.5 Å². The lowest BCUT2D eigenvalue weighted by atomic mass is 10.0. The molecule has 2 N–H and O–H groups in total. The van der Waals surface area contributed by atoms with Crippen molar-refractivity contribution in [1.29, 1.82) is 0 Å². The molecule has 182 valence electrons. The van der Waals surface area contributed by atoms with Gasteiger partial charge in [-0.1, -0.05) is 103 Å². The highest BCUT2D eigenvalue weighted by Gasteiger charge is 2.39. The van der Waals surface area contributed by atoms with Crippen molar-refractivity contribution in [2.24, 2.45) is 0 Å². The average Bonchev–Trinajstić information content (AvgIpc) is 3.06. The molecule has 0 aliphatic carbocycles. The smallest absolute Gasteiger partial charge is 0.378 e. The first kappa shape index (κ1) is 28.2. The van der Waals surface area contributed by atoms with E-state index >= 15 is 0 Å². The van der Waals surface area contributed by atoms with Crippen LogP contribution in [0.15, 0.2) is 11.5 Å². The lowest BCUT2D eigenvalue weighted by Gasteiger charge is -2.16. The Labute approximate surface area is 194 Å². The Balaban J connectivity index is 1.83. The third-order valence-electron chi connectivity index (χ3n) is 5.91. The molecule has 31 heavy (non-hydrogen) atoms. The van der Waals surface area contributed by atoms with E-state index in [0.29, 0.717) is 5.75 Å². The summed E-state index contributed by atoms with van der Waals surface area (Å²) in [6.07, 6.45) is 19.8. The van der Waals surface area contributed by atoms with E-state index in [1.165, 1.54) is 103 Å². The molecule has 0 spiro atoms. The molecule has 0 aromatic rings. The van der Waals surface area contributed by atoms with Crippen LogP contribution in [0.4, 0.5) is 0 Å². The Bertz CT molecular complexity index is 494. The van der Waals surface area contributed by atoms with Crippen molar-refractivity contribution in [3.8, 4) is 0 Å². The topological polar surface area (TPSA) is 76.0 Å². The van der Waals surface area contributed by atoms with Crippen molar-refractivity contribution in [3.05, 3.63) is 11.5 Å². The summed E-state index contributed by atoms with van der Waals surface area (Å²) in [6.45, 7) is 2.27. The first-order valence-electron chi connectivity index (χ1n) is 12.6. The third kappa shape index (κ3) is 12.7. The average molecular weight is 459 g/mol. The van der Waals surface area contributed by atoms with E-state index in [1.807, 2.05) is 0 Å². The first-order valence-corrected chi connectivity index (χ1v) is 13.7. The number of rotatable bonds is 21. The van der Waals surface area contributed by atoms with Crippen LogP contribution in [0.1, 0.15) is 110 Å². The van der Waals surface area contributed by atoms with E-state index in [9.17, 15) is 15.0 Å². The fourth-order valence-corrected chi connectivity index (χ4v) is 4.94. The van der Waals surface area contributed by atoms with Gasteiger partial charge in [-0.25, -0.2) is 4.79 Å². The van der Waals surface area contributed by atoms with Gasteiger partial charge in [0.2, 0.25) is 5.76 Å². The highest BCUT2D eigenvalue weighted by atomic mass is 32.2. The number of ether oxygens (including phenoxy) is 2. The molecule has 5 nitrogen and oxygen atoms in total. The van der Waals surface area contributed by atoms with Gasteiger partial charge in [0.15, 0.2) is 11.9 Å². The Hall–Kier alpha value is -0.880. The Morgan fingerprint density at radius 2 is 1.32 bits per heavy atom. The third-order valence-corrected chi connectivity index (χ3v) is 7.06. The molecule has 1 heterocycles. The lowest BCUT2D eigenvalue weighted by Crippen LogP contribution is -2.30. The van der Waals surface area contributed by atoms with Gasteiger partial charge in [-0.2, -0.15) is 11.8 Å². The second kappa shape index (κ2) is 18.7. The number of methoxy groups -OCH3 is 1. The molecule has 1 aliphatic rings. The SMILES string of the molecule is CCCCCCCCCCCCCCCCCCSCC(O)C1OC(=O)C(OC)=C1O. The molecule has 0 aromatic carbocycles. The highest BCUT2D eigenvalue weighted by Crippen LogP contribution is 2.25. The molecular formula is C25H46O5S. The van der Waals surface area contributed by atoms with E-state index in [1.54, 1.807) is 11.8 Å². The first-order chi connectivity index (χ1) is 15.1. The van der Waals surface area contributed by atoms with Crippen LogP contribution >= 0.6 is 11.8 Å². The summed E-state index contributed by atoms with van der Waals surface area (Å²) in [7, 11) is 1.30. The summed E-state index contributed by atoms with van der Waals surface area (Å²) < 4.78 is 9.77. The van der Waals surface area contributed by atoms with Gasteiger partial charge in [-0.15, -0.1) is 0 Å². The van der Waals surface area contributed by atoms with Gasteiger partial charge in [0.25, 0.3) is 0 Å². The minimum Gasteiger partial charge on any atom is -0.505 e. The van der Waals surface area contributed by atoms with E-state index in [4.69, 9.17) is 9.47 Å². The minimum atomic E-state index is -0.999. The second-order valence-electron chi connectivity index (χ2n) is 8.69. The Morgan fingerprint density at radius 3 is 1.74 bits per heavy atom. The monoisotopic (exact) mass is 458 g/mol.